The molecule has 0 aliphatic carbocycles. The van der Waals surface area contributed by atoms with Gasteiger partial charge in [0.2, 0.25) is 0 Å². The number of nitrogens with one attached hydrogen (secondary N) is 2. The van der Waals surface area contributed by atoms with Gasteiger partial charge in [0.15, 0.2) is 0 Å². The van der Waals surface area contributed by atoms with E-state index < -0.39 is 16.7 Å². The quantitative estimate of drug-likeness (QED) is 0.387. The van der Waals surface area contributed by atoms with Crippen molar-refractivity contribution in [2.24, 2.45) is 5.10 Å². The maximum absolute atomic E-state index is 11.7. The van der Waals surface area contributed by atoms with Gasteiger partial charge in [-0.2, -0.15) is 5.10 Å². The Morgan fingerprint density at radius 2 is 1.67 bits per heavy atom. The Bertz CT molecular complexity index is 783. The molecular weight excluding hydrogens is 312 g/mol. The summed E-state index contributed by atoms with van der Waals surface area (Å²) in [7, 11) is 0. The summed E-state index contributed by atoms with van der Waals surface area (Å²) in [5.74, 6) is -1.77. The zero-order valence-electron chi connectivity index (χ0n) is 12.7. The molecule has 0 bridgehead atoms. The SMILES string of the molecule is Cc1ccc(NC(=O)C(=O)N/N=C/c2ccc([N+](=O)[O-])cc2)cc1. The van der Waals surface area contributed by atoms with Gasteiger partial charge in [0.05, 0.1) is 11.1 Å². The van der Waals surface area contributed by atoms with Crippen molar-refractivity contribution in [1.82, 2.24) is 5.43 Å². The number of amides is 2. The molecule has 2 aromatic rings. The van der Waals surface area contributed by atoms with E-state index in [9.17, 15) is 19.7 Å². The molecule has 0 saturated heterocycles. The summed E-state index contributed by atoms with van der Waals surface area (Å²) in [5, 5.41) is 16.6. The number of hydrogen-bond donors (Lipinski definition) is 2. The van der Waals surface area contributed by atoms with Crippen LogP contribution in [0.3, 0.4) is 0 Å². The lowest BCUT2D eigenvalue weighted by molar-refractivity contribution is -0.384. The van der Waals surface area contributed by atoms with Crippen molar-refractivity contribution in [2.75, 3.05) is 5.32 Å². The summed E-state index contributed by atoms with van der Waals surface area (Å²) >= 11 is 0. The van der Waals surface area contributed by atoms with E-state index in [0.29, 0.717) is 11.3 Å². The molecule has 8 nitrogen and oxygen atoms in total. The molecule has 0 aliphatic heterocycles. The Labute approximate surface area is 137 Å². The zero-order chi connectivity index (χ0) is 17.5. The smallest absolute Gasteiger partial charge is 0.318 e. The molecule has 8 heteroatoms. The third-order valence-electron chi connectivity index (χ3n) is 3.00. The van der Waals surface area contributed by atoms with Crippen molar-refractivity contribution in [3.63, 3.8) is 0 Å². The second-order valence-electron chi connectivity index (χ2n) is 4.87. The monoisotopic (exact) mass is 326 g/mol. The van der Waals surface area contributed by atoms with Gasteiger partial charge < -0.3 is 5.32 Å². The molecule has 0 heterocycles. The Morgan fingerprint density at radius 3 is 2.25 bits per heavy atom. The van der Waals surface area contributed by atoms with E-state index in [-0.39, 0.29) is 5.69 Å². The number of rotatable bonds is 4. The Kier molecular flexibility index (Phi) is 5.35. The number of carbonyl (C=O) groups excluding carboxylic acids is 2. The molecule has 2 rings (SSSR count). The van der Waals surface area contributed by atoms with E-state index in [1.54, 1.807) is 24.3 Å². The van der Waals surface area contributed by atoms with Crippen LogP contribution in [0.5, 0.6) is 0 Å². The number of nitro groups is 1. The maximum Gasteiger partial charge on any atom is 0.329 e. The Morgan fingerprint density at radius 1 is 1.04 bits per heavy atom. The van der Waals surface area contributed by atoms with E-state index in [1.165, 1.54) is 30.5 Å². The topological polar surface area (TPSA) is 114 Å². The van der Waals surface area contributed by atoms with Crippen LogP contribution in [0.2, 0.25) is 0 Å². The fourth-order valence-electron chi connectivity index (χ4n) is 1.72. The van der Waals surface area contributed by atoms with Crippen LogP contribution in [0.1, 0.15) is 11.1 Å². The molecule has 0 radical (unpaired) electrons. The molecular formula is C16H14N4O4. The highest BCUT2D eigenvalue weighted by molar-refractivity contribution is 6.39. The van der Waals surface area contributed by atoms with Crippen molar-refractivity contribution >= 4 is 29.4 Å². The molecule has 2 amide bonds. The molecule has 0 atom stereocenters. The van der Waals surface area contributed by atoms with Crippen LogP contribution in [0.4, 0.5) is 11.4 Å². The minimum atomic E-state index is -0.922. The van der Waals surface area contributed by atoms with Crippen molar-refractivity contribution in [3.05, 3.63) is 69.8 Å². The van der Waals surface area contributed by atoms with Gasteiger partial charge in [-0.1, -0.05) is 17.7 Å². The van der Waals surface area contributed by atoms with Gasteiger partial charge in [0.25, 0.3) is 5.69 Å². The van der Waals surface area contributed by atoms with E-state index in [4.69, 9.17) is 0 Å². The number of hydrogen-bond acceptors (Lipinski definition) is 5. The number of hydrazone groups is 1. The summed E-state index contributed by atoms with van der Waals surface area (Å²) in [6.45, 7) is 1.91. The minimum absolute atomic E-state index is 0.0475. The fourth-order valence-corrected chi connectivity index (χ4v) is 1.72. The molecule has 2 N–H and O–H groups in total. The molecule has 122 valence electrons. The summed E-state index contributed by atoms with van der Waals surface area (Å²) in [6, 6.07) is 12.5. The zero-order valence-corrected chi connectivity index (χ0v) is 12.7. The van der Waals surface area contributed by atoms with E-state index in [0.717, 1.165) is 5.56 Å². The molecule has 0 aromatic heterocycles. The minimum Gasteiger partial charge on any atom is -0.318 e. The van der Waals surface area contributed by atoms with Crippen LogP contribution in [0.25, 0.3) is 0 Å². The van der Waals surface area contributed by atoms with Crippen LogP contribution < -0.4 is 10.7 Å². The number of aryl methyl sites for hydroxylation is 1. The maximum atomic E-state index is 11.7. The highest BCUT2D eigenvalue weighted by atomic mass is 16.6. The van der Waals surface area contributed by atoms with E-state index in [1.807, 2.05) is 6.92 Å². The molecule has 0 spiro atoms. The summed E-state index contributed by atoms with van der Waals surface area (Å²) in [4.78, 5) is 33.3. The largest absolute Gasteiger partial charge is 0.329 e. The molecule has 0 unspecified atom stereocenters. The van der Waals surface area contributed by atoms with Crippen molar-refractivity contribution in [1.29, 1.82) is 0 Å². The first kappa shape index (κ1) is 16.8. The normalized spacial score (nSPS) is 10.4. The van der Waals surface area contributed by atoms with Crippen LogP contribution in [-0.4, -0.2) is 23.0 Å². The first-order valence-electron chi connectivity index (χ1n) is 6.91. The predicted molar refractivity (Wildman–Crippen MR) is 88.6 cm³/mol. The number of anilines is 1. The third-order valence-corrected chi connectivity index (χ3v) is 3.00. The number of non-ortho nitro benzene ring substituents is 1. The van der Waals surface area contributed by atoms with Crippen molar-refractivity contribution < 1.29 is 14.5 Å². The van der Waals surface area contributed by atoms with Gasteiger partial charge in [-0.05, 0) is 36.8 Å². The second-order valence-corrected chi connectivity index (χ2v) is 4.87. The number of nitro benzene ring substituents is 1. The fraction of sp³-hybridized carbons (Fsp3) is 0.0625. The van der Waals surface area contributed by atoms with Crippen LogP contribution in [-0.2, 0) is 9.59 Å². The Balaban J connectivity index is 1.88. The third kappa shape index (κ3) is 4.73. The molecule has 0 aliphatic rings. The average Bonchev–Trinajstić information content (AvgIpc) is 2.57. The molecule has 0 saturated carbocycles. The molecule has 24 heavy (non-hydrogen) atoms. The summed E-state index contributed by atoms with van der Waals surface area (Å²) in [5.41, 5.74) is 4.11. The van der Waals surface area contributed by atoms with Crippen LogP contribution in [0.15, 0.2) is 53.6 Å². The van der Waals surface area contributed by atoms with Gasteiger partial charge in [0, 0.05) is 17.8 Å². The number of carbonyl (C=O) groups is 2. The lowest BCUT2D eigenvalue weighted by Gasteiger charge is -2.04. The summed E-state index contributed by atoms with van der Waals surface area (Å²) in [6.07, 6.45) is 1.28. The number of nitrogens with zero attached hydrogens (tertiary/aromatic N) is 2. The molecule has 2 aromatic carbocycles. The Hall–Kier alpha value is -3.55. The highest BCUT2D eigenvalue weighted by Gasteiger charge is 2.12. The van der Waals surface area contributed by atoms with Gasteiger partial charge in [-0.15, -0.1) is 0 Å². The van der Waals surface area contributed by atoms with Gasteiger partial charge in [-0.3, -0.25) is 19.7 Å². The highest BCUT2D eigenvalue weighted by Crippen LogP contribution is 2.10. The van der Waals surface area contributed by atoms with Gasteiger partial charge in [-0.25, -0.2) is 5.43 Å². The van der Waals surface area contributed by atoms with E-state index in [2.05, 4.69) is 15.8 Å². The van der Waals surface area contributed by atoms with Crippen molar-refractivity contribution in [3.8, 4) is 0 Å². The standard InChI is InChI=1S/C16H14N4O4/c1-11-2-6-13(7-3-11)18-15(21)16(22)19-17-10-12-4-8-14(9-5-12)20(23)24/h2-10H,1H3,(H,18,21)(H,19,22)/b17-10+. The summed E-state index contributed by atoms with van der Waals surface area (Å²) < 4.78 is 0. The van der Waals surface area contributed by atoms with E-state index >= 15 is 0 Å². The van der Waals surface area contributed by atoms with Crippen molar-refractivity contribution in [2.45, 2.75) is 6.92 Å². The number of benzene rings is 2. The van der Waals surface area contributed by atoms with Crippen LogP contribution in [0, 0.1) is 17.0 Å². The lowest BCUT2D eigenvalue weighted by atomic mass is 10.2. The second kappa shape index (κ2) is 7.63. The first-order chi connectivity index (χ1) is 11.5. The van der Waals surface area contributed by atoms with Gasteiger partial charge in [0.1, 0.15) is 0 Å². The average molecular weight is 326 g/mol. The van der Waals surface area contributed by atoms with Gasteiger partial charge >= 0.3 is 11.8 Å². The lowest BCUT2D eigenvalue weighted by Crippen LogP contribution is -2.32. The predicted octanol–water partition coefficient (Wildman–Crippen LogP) is 1.99. The molecule has 0 fully saturated rings. The first-order valence-corrected chi connectivity index (χ1v) is 6.91. The van der Waals surface area contributed by atoms with Crippen LogP contribution >= 0.6 is 0 Å².